The predicted octanol–water partition coefficient (Wildman–Crippen LogP) is 3.67. The highest BCUT2D eigenvalue weighted by molar-refractivity contribution is 5.94. The minimum atomic E-state index is 0.0186. The second kappa shape index (κ2) is 5.80. The summed E-state index contributed by atoms with van der Waals surface area (Å²) in [6.45, 7) is 8.87. The van der Waals surface area contributed by atoms with Crippen molar-refractivity contribution in [3.05, 3.63) is 53.9 Å². The highest BCUT2D eigenvalue weighted by atomic mass is 15.3. The van der Waals surface area contributed by atoms with Crippen LogP contribution in [-0.2, 0) is 12.5 Å². The largest absolute Gasteiger partial charge is 0.353 e. The fourth-order valence-corrected chi connectivity index (χ4v) is 3.44. The summed E-state index contributed by atoms with van der Waals surface area (Å²) in [5, 5.41) is 7.08. The van der Waals surface area contributed by atoms with Gasteiger partial charge in [-0.1, -0.05) is 50.1 Å². The summed E-state index contributed by atoms with van der Waals surface area (Å²) in [4.78, 5) is 13.3. The molecule has 26 heavy (non-hydrogen) atoms. The molecule has 130 valence electrons. The van der Waals surface area contributed by atoms with E-state index in [-0.39, 0.29) is 5.41 Å². The summed E-state index contributed by atoms with van der Waals surface area (Å²) in [5.41, 5.74) is 4.71. The Morgan fingerprint density at radius 2 is 1.58 bits per heavy atom. The minimum absolute atomic E-state index is 0.0186. The normalized spacial score (nSPS) is 12.0. The van der Waals surface area contributed by atoms with Crippen LogP contribution in [0.5, 0.6) is 0 Å². The van der Waals surface area contributed by atoms with Crippen LogP contribution < -0.4 is 4.68 Å². The lowest BCUT2D eigenvalue weighted by atomic mass is 9.81. The summed E-state index contributed by atoms with van der Waals surface area (Å²) < 4.78 is 1.79. The number of fused-ring (bicyclic) bond motifs is 2. The van der Waals surface area contributed by atoms with Gasteiger partial charge < -0.3 is 0 Å². The van der Waals surface area contributed by atoms with Gasteiger partial charge in [-0.05, 0) is 45.3 Å². The van der Waals surface area contributed by atoms with E-state index in [1.165, 1.54) is 21.9 Å². The van der Waals surface area contributed by atoms with E-state index in [1.54, 1.807) is 17.1 Å². The lowest BCUT2D eigenvalue weighted by Gasteiger charge is -2.23. The van der Waals surface area contributed by atoms with E-state index in [1.807, 2.05) is 7.05 Å². The maximum Gasteiger partial charge on any atom is 0.353 e. The van der Waals surface area contributed by atoms with Gasteiger partial charge in [-0.2, -0.15) is 0 Å². The Morgan fingerprint density at radius 3 is 2.27 bits per heavy atom. The molecule has 0 aliphatic rings. The molecule has 5 nitrogen and oxygen atoms in total. The Hall–Kier alpha value is -2.95. The summed E-state index contributed by atoms with van der Waals surface area (Å²) in [5.74, 6) is 0.798. The standard InChI is InChI=1S/C21H22N5/c1-13-14-8-6-7-9-15(14)17(21(2,3)4)12-16(13)20-24-18-19(25-26(20)5)23-11-10-22-18/h6-12H,1-5H3/q+1. The van der Waals surface area contributed by atoms with Gasteiger partial charge in [0, 0.05) is 6.20 Å². The molecule has 0 radical (unpaired) electrons. The van der Waals surface area contributed by atoms with Crippen LogP contribution in [0.2, 0.25) is 0 Å². The Balaban J connectivity index is 2.09. The molecule has 5 heteroatoms. The molecular formula is C21H22N5+. The van der Waals surface area contributed by atoms with E-state index in [0.29, 0.717) is 11.3 Å². The van der Waals surface area contributed by atoms with Crippen molar-refractivity contribution < 1.29 is 4.68 Å². The Bertz CT molecular complexity index is 1140. The van der Waals surface area contributed by atoms with Crippen molar-refractivity contribution in [2.45, 2.75) is 33.1 Å². The number of aryl methyl sites for hydroxylation is 2. The first-order valence-corrected chi connectivity index (χ1v) is 8.74. The van der Waals surface area contributed by atoms with Gasteiger partial charge >= 0.3 is 11.5 Å². The number of hydrogen-bond donors (Lipinski definition) is 0. The third-order valence-electron chi connectivity index (χ3n) is 4.79. The average molecular weight is 344 g/mol. The quantitative estimate of drug-likeness (QED) is 0.494. The molecule has 2 aromatic carbocycles. The van der Waals surface area contributed by atoms with Crippen molar-refractivity contribution in [1.82, 2.24) is 20.1 Å². The molecule has 0 N–H and O–H groups in total. The van der Waals surface area contributed by atoms with Crippen molar-refractivity contribution in [3.63, 3.8) is 0 Å². The molecule has 2 aromatic heterocycles. The summed E-state index contributed by atoms with van der Waals surface area (Å²) >= 11 is 0. The van der Waals surface area contributed by atoms with Crippen LogP contribution in [0.15, 0.2) is 42.7 Å². The highest BCUT2D eigenvalue weighted by Gasteiger charge is 2.25. The zero-order valence-electron chi connectivity index (χ0n) is 15.8. The lowest BCUT2D eigenvalue weighted by molar-refractivity contribution is -0.720. The summed E-state index contributed by atoms with van der Waals surface area (Å²) in [6.07, 6.45) is 3.28. The summed E-state index contributed by atoms with van der Waals surface area (Å²) in [6, 6.07) is 10.8. The number of benzene rings is 2. The molecule has 0 saturated heterocycles. The summed E-state index contributed by atoms with van der Waals surface area (Å²) in [7, 11) is 1.90. The lowest BCUT2D eigenvalue weighted by Crippen LogP contribution is -2.37. The second-order valence-electron chi connectivity index (χ2n) is 7.65. The van der Waals surface area contributed by atoms with E-state index in [9.17, 15) is 0 Å². The minimum Gasteiger partial charge on any atom is -0.227 e. The SMILES string of the molecule is Cc1c(-c2nc3nccnc3n[n+]2C)cc(C(C)(C)C)c2ccccc12. The van der Waals surface area contributed by atoms with E-state index >= 15 is 0 Å². The van der Waals surface area contributed by atoms with Crippen LogP contribution in [0.4, 0.5) is 0 Å². The first-order chi connectivity index (χ1) is 12.4. The Morgan fingerprint density at radius 1 is 0.923 bits per heavy atom. The first-order valence-electron chi connectivity index (χ1n) is 8.74. The van der Waals surface area contributed by atoms with Gasteiger partial charge in [0.2, 0.25) is 0 Å². The van der Waals surface area contributed by atoms with Gasteiger partial charge in [-0.3, -0.25) is 0 Å². The van der Waals surface area contributed by atoms with Gasteiger partial charge in [0.25, 0.3) is 5.65 Å². The van der Waals surface area contributed by atoms with Gasteiger partial charge in [-0.25, -0.2) is 9.97 Å². The van der Waals surface area contributed by atoms with E-state index < -0.39 is 0 Å². The maximum absolute atomic E-state index is 4.76. The molecule has 0 aliphatic carbocycles. The first kappa shape index (κ1) is 16.5. The van der Waals surface area contributed by atoms with Crippen LogP contribution in [-0.4, -0.2) is 20.1 Å². The van der Waals surface area contributed by atoms with Crippen LogP contribution >= 0.6 is 0 Å². The molecule has 0 amide bonds. The van der Waals surface area contributed by atoms with Crippen molar-refractivity contribution in [1.29, 1.82) is 0 Å². The molecule has 0 atom stereocenters. The van der Waals surface area contributed by atoms with Crippen molar-refractivity contribution >= 4 is 22.1 Å². The van der Waals surface area contributed by atoms with Gasteiger partial charge in [0.05, 0.1) is 11.8 Å². The third kappa shape index (κ3) is 2.60. The van der Waals surface area contributed by atoms with Crippen molar-refractivity contribution in [2.24, 2.45) is 7.05 Å². The van der Waals surface area contributed by atoms with Crippen LogP contribution in [0.25, 0.3) is 33.5 Å². The molecule has 0 aliphatic heterocycles. The smallest absolute Gasteiger partial charge is 0.227 e. The Kier molecular flexibility index (Phi) is 3.68. The topological polar surface area (TPSA) is 55.4 Å². The van der Waals surface area contributed by atoms with E-state index in [2.05, 4.69) is 73.1 Å². The van der Waals surface area contributed by atoms with Gasteiger partial charge in [0.1, 0.15) is 7.05 Å². The number of hydrogen-bond acceptors (Lipinski definition) is 4. The zero-order valence-corrected chi connectivity index (χ0v) is 15.8. The highest BCUT2D eigenvalue weighted by Crippen LogP contribution is 2.36. The molecule has 4 rings (SSSR count). The van der Waals surface area contributed by atoms with Gasteiger partial charge in [-0.15, -0.1) is 4.68 Å². The van der Waals surface area contributed by atoms with Crippen molar-refractivity contribution in [3.8, 4) is 11.4 Å². The molecule has 0 spiro atoms. The molecular weight excluding hydrogens is 322 g/mol. The zero-order chi connectivity index (χ0) is 18.5. The Labute approximate surface area is 152 Å². The van der Waals surface area contributed by atoms with E-state index in [0.717, 1.165) is 11.4 Å². The van der Waals surface area contributed by atoms with Crippen LogP contribution in [0.1, 0.15) is 31.9 Å². The molecule has 0 saturated carbocycles. The maximum atomic E-state index is 4.76. The van der Waals surface area contributed by atoms with Gasteiger partial charge in [0.15, 0.2) is 0 Å². The fraction of sp³-hybridized carbons (Fsp3) is 0.286. The third-order valence-corrected chi connectivity index (χ3v) is 4.79. The van der Waals surface area contributed by atoms with Crippen molar-refractivity contribution in [2.75, 3.05) is 0 Å². The molecule has 2 heterocycles. The van der Waals surface area contributed by atoms with E-state index in [4.69, 9.17) is 4.98 Å². The molecule has 0 unspecified atom stereocenters. The molecule has 0 bridgehead atoms. The monoisotopic (exact) mass is 344 g/mol. The fourth-order valence-electron chi connectivity index (χ4n) is 3.44. The molecule has 0 fully saturated rings. The number of nitrogens with zero attached hydrogens (tertiary/aromatic N) is 5. The number of aromatic nitrogens is 5. The average Bonchev–Trinajstić information content (AvgIpc) is 2.61. The second-order valence-corrected chi connectivity index (χ2v) is 7.65. The van der Waals surface area contributed by atoms with Crippen LogP contribution in [0, 0.1) is 6.92 Å². The number of rotatable bonds is 1. The predicted molar refractivity (Wildman–Crippen MR) is 103 cm³/mol. The van der Waals surface area contributed by atoms with Crippen LogP contribution in [0.3, 0.4) is 0 Å². The molecule has 4 aromatic rings.